The third-order valence-electron chi connectivity index (χ3n) is 4.65. The number of thiophene rings is 1. The molecule has 36 heavy (non-hydrogen) atoms. The summed E-state index contributed by atoms with van der Waals surface area (Å²) in [5.74, 6) is -6.37. The van der Waals surface area contributed by atoms with Crippen molar-refractivity contribution in [2.24, 2.45) is 0 Å². The lowest BCUT2D eigenvalue weighted by Crippen LogP contribution is -2.39. The fourth-order valence-electron chi connectivity index (χ4n) is 3.00. The van der Waals surface area contributed by atoms with E-state index >= 15 is 0 Å². The van der Waals surface area contributed by atoms with Gasteiger partial charge in [0.15, 0.2) is 0 Å². The second-order valence-electron chi connectivity index (χ2n) is 7.02. The van der Waals surface area contributed by atoms with E-state index in [0.717, 1.165) is 55.4 Å². The highest BCUT2D eigenvalue weighted by atomic mass is 32.1. The lowest BCUT2D eigenvalue weighted by Gasteiger charge is -2.26. The fraction of sp³-hybridized carbons (Fsp3) is 0.273. The van der Waals surface area contributed by atoms with E-state index in [2.05, 4.69) is 49.8 Å². The van der Waals surface area contributed by atoms with Gasteiger partial charge in [0.1, 0.15) is 17.0 Å². The number of aromatic nitrogens is 2. The Morgan fingerprint density at radius 2 is 1.50 bits per heavy atom. The van der Waals surface area contributed by atoms with Gasteiger partial charge in [0, 0.05) is 37.1 Å². The lowest BCUT2D eigenvalue weighted by molar-refractivity contribution is -0.159. The predicted octanol–water partition coefficient (Wildman–Crippen LogP) is 1.41. The van der Waals surface area contributed by atoms with E-state index in [-0.39, 0.29) is 0 Å². The number of carboxylic acid groups (broad SMARTS) is 4. The summed E-state index contributed by atoms with van der Waals surface area (Å²) in [6.45, 7) is 5.56. The van der Waals surface area contributed by atoms with Crippen molar-refractivity contribution in [3.63, 3.8) is 0 Å². The molecule has 13 nitrogen and oxygen atoms in total. The minimum atomic E-state index is -1.82. The molecule has 2 aromatic heterocycles. The number of hydrogen-bond acceptors (Lipinski definition) is 10. The molecule has 3 aromatic rings. The zero-order valence-corrected chi connectivity index (χ0v) is 19.7. The maximum Gasteiger partial charge on any atom is 0.414 e. The minimum absolute atomic E-state index is 0.834. The van der Waals surface area contributed by atoms with Crippen LogP contribution in [0, 0.1) is 0 Å². The van der Waals surface area contributed by atoms with Crippen LogP contribution in [0.1, 0.15) is 0 Å². The van der Waals surface area contributed by atoms with Crippen molar-refractivity contribution >= 4 is 51.2 Å². The molecule has 0 aliphatic carbocycles. The van der Waals surface area contributed by atoms with Gasteiger partial charge in [-0.2, -0.15) is 0 Å². The number of hydrogen-bond donors (Lipinski definition) is 5. The molecule has 0 bridgehead atoms. The quantitative estimate of drug-likeness (QED) is 0.303. The Kier molecular flexibility index (Phi) is 11.2. The highest BCUT2D eigenvalue weighted by molar-refractivity contribution is 7.17. The minimum Gasteiger partial charge on any atom is -0.473 e. The third kappa shape index (κ3) is 8.90. The van der Waals surface area contributed by atoms with E-state index in [1.54, 1.807) is 17.7 Å². The van der Waals surface area contributed by atoms with Crippen LogP contribution in [0.25, 0.3) is 21.3 Å². The van der Waals surface area contributed by atoms with Crippen molar-refractivity contribution in [2.75, 3.05) is 44.7 Å². The molecule has 0 unspecified atom stereocenters. The Bertz CT molecular complexity index is 1130. The number of anilines is 1. The van der Waals surface area contributed by atoms with Crippen molar-refractivity contribution in [3.05, 3.63) is 42.0 Å². The van der Waals surface area contributed by atoms with E-state index in [1.165, 1.54) is 11.1 Å². The summed E-state index contributed by atoms with van der Waals surface area (Å²) in [6, 6.07) is 10.4. The predicted molar refractivity (Wildman–Crippen MR) is 129 cm³/mol. The van der Waals surface area contributed by atoms with Gasteiger partial charge in [-0.1, -0.05) is 30.3 Å². The maximum atomic E-state index is 9.10. The Morgan fingerprint density at radius 1 is 0.917 bits per heavy atom. The molecule has 0 radical (unpaired) electrons. The van der Waals surface area contributed by atoms with Crippen LogP contribution in [0.15, 0.2) is 42.0 Å². The Morgan fingerprint density at radius 3 is 2.06 bits per heavy atom. The molecule has 1 aromatic carbocycles. The van der Waals surface area contributed by atoms with Gasteiger partial charge in [-0.3, -0.25) is 4.90 Å². The zero-order chi connectivity index (χ0) is 26.5. The van der Waals surface area contributed by atoms with Crippen molar-refractivity contribution in [1.29, 1.82) is 0 Å². The van der Waals surface area contributed by atoms with E-state index in [1.807, 2.05) is 6.07 Å². The number of carboxylic acids is 4. The third-order valence-corrected chi connectivity index (χ3v) is 5.53. The van der Waals surface area contributed by atoms with E-state index < -0.39 is 23.9 Å². The molecule has 1 saturated heterocycles. The van der Waals surface area contributed by atoms with E-state index in [9.17, 15) is 0 Å². The summed E-state index contributed by atoms with van der Waals surface area (Å²) in [6.07, 6.45) is 1.64. The number of nitrogens with one attached hydrogen (secondary N) is 1. The smallest absolute Gasteiger partial charge is 0.414 e. The van der Waals surface area contributed by atoms with Gasteiger partial charge < -0.3 is 30.5 Å². The second kappa shape index (κ2) is 14.3. The number of aliphatic carboxylic acids is 4. The van der Waals surface area contributed by atoms with Crippen molar-refractivity contribution < 1.29 is 44.3 Å². The molecule has 0 spiro atoms. The molecule has 1 aliphatic heterocycles. The first-order valence-electron chi connectivity index (χ1n) is 10.4. The molecular weight excluding hydrogens is 496 g/mol. The molecule has 0 amide bonds. The largest absolute Gasteiger partial charge is 0.473 e. The Balaban J connectivity index is 0.000000319. The number of nitrogens with zero attached hydrogens (tertiary/aromatic N) is 3. The van der Waals surface area contributed by atoms with Gasteiger partial charge in [-0.25, -0.2) is 29.1 Å². The van der Waals surface area contributed by atoms with Crippen molar-refractivity contribution in [1.82, 2.24) is 14.9 Å². The van der Waals surface area contributed by atoms with Crippen LogP contribution >= 0.6 is 11.3 Å². The normalized spacial score (nSPS) is 12.9. The fourth-order valence-corrected chi connectivity index (χ4v) is 3.91. The lowest BCUT2D eigenvalue weighted by atomic mass is 10.1. The molecule has 3 heterocycles. The zero-order valence-electron chi connectivity index (χ0n) is 18.9. The molecule has 5 N–H and O–H groups in total. The first-order chi connectivity index (χ1) is 17.2. The first-order valence-corrected chi connectivity index (χ1v) is 11.3. The van der Waals surface area contributed by atoms with Crippen molar-refractivity contribution in [2.45, 2.75) is 0 Å². The molecule has 192 valence electrons. The molecule has 1 fully saturated rings. The summed E-state index contributed by atoms with van der Waals surface area (Å²) in [5, 5.41) is 36.4. The summed E-state index contributed by atoms with van der Waals surface area (Å²) >= 11 is 1.67. The van der Waals surface area contributed by atoms with Crippen LogP contribution in [-0.2, 0) is 23.9 Å². The van der Waals surface area contributed by atoms with Gasteiger partial charge >= 0.3 is 23.9 Å². The van der Waals surface area contributed by atoms with Crippen LogP contribution in [0.4, 0.5) is 5.82 Å². The average Bonchev–Trinajstić information content (AvgIpc) is 3.31. The van der Waals surface area contributed by atoms with Crippen LogP contribution in [-0.4, -0.2) is 98.6 Å². The van der Waals surface area contributed by atoms with E-state index in [4.69, 9.17) is 44.3 Å². The molecule has 4 rings (SSSR count). The molecular formula is C22H24N4O9S. The van der Waals surface area contributed by atoms with Crippen LogP contribution in [0.5, 0.6) is 0 Å². The summed E-state index contributed by atoms with van der Waals surface area (Å²) < 4.78 is 5.39. The number of carbonyl (C=O) groups is 4. The highest BCUT2D eigenvalue weighted by Gasteiger charge is 2.14. The van der Waals surface area contributed by atoms with Gasteiger partial charge in [-0.05, 0) is 5.56 Å². The maximum absolute atomic E-state index is 9.10. The standard InChI is InChI=1S/C18H20N4OS.2C2H2O4/c1-2-4-14(5-3-1)15-12-24-18-16(15)17(20-13-21-18)19-6-7-22-8-10-23-11-9-22;2*3-1(4)2(5)6/h1-5,12-13H,6-11H2,(H,19,20,21);2*(H,3,4)(H,5,6). The molecule has 14 heteroatoms. The van der Waals surface area contributed by atoms with Gasteiger partial charge in [0.25, 0.3) is 0 Å². The number of rotatable bonds is 5. The number of benzene rings is 1. The van der Waals surface area contributed by atoms with Crippen molar-refractivity contribution in [3.8, 4) is 11.1 Å². The second-order valence-corrected chi connectivity index (χ2v) is 7.88. The monoisotopic (exact) mass is 520 g/mol. The Labute approximate surface area is 208 Å². The van der Waals surface area contributed by atoms with Gasteiger partial charge in [0.2, 0.25) is 0 Å². The average molecular weight is 521 g/mol. The number of fused-ring (bicyclic) bond motifs is 1. The molecule has 0 saturated carbocycles. The topological polar surface area (TPSA) is 199 Å². The Hall–Kier alpha value is -4.14. The summed E-state index contributed by atoms with van der Waals surface area (Å²) in [7, 11) is 0. The summed E-state index contributed by atoms with van der Waals surface area (Å²) in [5.41, 5.74) is 2.40. The highest BCUT2D eigenvalue weighted by Crippen LogP contribution is 2.36. The molecule has 1 aliphatic rings. The van der Waals surface area contributed by atoms with Crippen LogP contribution < -0.4 is 5.32 Å². The molecule has 0 atom stereocenters. The number of morpholine rings is 1. The SMILES string of the molecule is O=C(O)C(=O)O.O=C(O)C(=O)O.c1ccc(-c2csc3ncnc(NCCN4CCOCC4)c23)cc1. The van der Waals surface area contributed by atoms with Gasteiger partial charge in [0.05, 0.1) is 18.6 Å². The van der Waals surface area contributed by atoms with Gasteiger partial charge in [-0.15, -0.1) is 11.3 Å². The van der Waals surface area contributed by atoms with Crippen LogP contribution in [0.3, 0.4) is 0 Å². The number of ether oxygens (including phenoxy) is 1. The van der Waals surface area contributed by atoms with E-state index in [0.29, 0.717) is 0 Å². The first kappa shape index (κ1) is 28.1. The summed E-state index contributed by atoms with van der Waals surface area (Å²) in [4.78, 5) is 48.8. The van der Waals surface area contributed by atoms with Crippen LogP contribution in [0.2, 0.25) is 0 Å².